The first kappa shape index (κ1) is 17.4. The maximum absolute atomic E-state index is 13.3. The first-order valence-corrected chi connectivity index (χ1v) is 8.97. The molecule has 27 heavy (non-hydrogen) atoms. The van der Waals surface area contributed by atoms with Crippen molar-refractivity contribution in [3.63, 3.8) is 0 Å². The second-order valence-corrected chi connectivity index (χ2v) is 6.70. The summed E-state index contributed by atoms with van der Waals surface area (Å²) in [5.41, 5.74) is 1.85. The van der Waals surface area contributed by atoms with Crippen LogP contribution in [0.5, 0.6) is 0 Å². The molecule has 0 spiro atoms. The molecule has 4 aromatic rings. The highest BCUT2D eigenvalue weighted by atomic mass is 35.5. The SMILES string of the molecule is CCN(C(=O)c1cc2c(=O)oc3ccccc3c2n1C)c1cccc(Cl)c1. The van der Waals surface area contributed by atoms with Gasteiger partial charge in [-0.3, -0.25) is 4.79 Å². The van der Waals surface area contributed by atoms with Gasteiger partial charge in [0.15, 0.2) is 0 Å². The van der Waals surface area contributed by atoms with Gasteiger partial charge in [0.2, 0.25) is 0 Å². The lowest BCUT2D eigenvalue weighted by atomic mass is 10.2. The number of aromatic nitrogens is 1. The highest BCUT2D eigenvalue weighted by Gasteiger charge is 2.23. The molecular formula is C21H17ClN2O3. The normalized spacial score (nSPS) is 11.2. The van der Waals surface area contributed by atoms with E-state index in [9.17, 15) is 9.59 Å². The van der Waals surface area contributed by atoms with Crippen molar-refractivity contribution in [2.24, 2.45) is 7.05 Å². The number of hydrogen-bond donors (Lipinski definition) is 0. The second-order valence-electron chi connectivity index (χ2n) is 6.27. The largest absolute Gasteiger partial charge is 0.422 e. The van der Waals surface area contributed by atoms with Gasteiger partial charge in [-0.25, -0.2) is 4.79 Å². The monoisotopic (exact) mass is 380 g/mol. The number of carbonyl (C=O) groups excluding carboxylic acids is 1. The quantitative estimate of drug-likeness (QED) is 0.488. The Bertz CT molecular complexity index is 1240. The fourth-order valence-corrected chi connectivity index (χ4v) is 3.61. The number of amides is 1. The van der Waals surface area contributed by atoms with Crippen LogP contribution in [-0.2, 0) is 7.05 Å². The Labute approximate surface area is 160 Å². The molecule has 5 nitrogen and oxygen atoms in total. The van der Waals surface area contributed by atoms with E-state index >= 15 is 0 Å². The van der Waals surface area contributed by atoms with E-state index in [2.05, 4.69) is 0 Å². The molecule has 0 aliphatic carbocycles. The zero-order chi connectivity index (χ0) is 19.1. The smallest absolute Gasteiger partial charge is 0.345 e. The lowest BCUT2D eigenvalue weighted by Gasteiger charge is -2.21. The van der Waals surface area contributed by atoms with E-state index < -0.39 is 5.63 Å². The zero-order valence-electron chi connectivity index (χ0n) is 14.9. The summed E-state index contributed by atoms with van der Waals surface area (Å²) in [6.07, 6.45) is 0. The molecule has 0 saturated heterocycles. The van der Waals surface area contributed by atoms with Crippen molar-refractivity contribution in [1.29, 1.82) is 0 Å². The number of para-hydroxylation sites is 1. The van der Waals surface area contributed by atoms with E-state index in [1.165, 1.54) is 0 Å². The lowest BCUT2D eigenvalue weighted by molar-refractivity contribution is 0.0981. The van der Waals surface area contributed by atoms with Gasteiger partial charge in [0, 0.05) is 29.7 Å². The molecule has 0 bridgehead atoms. The van der Waals surface area contributed by atoms with Crippen molar-refractivity contribution in [2.45, 2.75) is 6.92 Å². The van der Waals surface area contributed by atoms with Crippen LogP contribution in [0.3, 0.4) is 0 Å². The summed E-state index contributed by atoms with van der Waals surface area (Å²) in [7, 11) is 1.78. The maximum atomic E-state index is 13.3. The molecule has 0 aliphatic rings. The van der Waals surface area contributed by atoms with Crippen LogP contribution >= 0.6 is 11.6 Å². The Morgan fingerprint density at radius 1 is 1.11 bits per heavy atom. The van der Waals surface area contributed by atoms with Crippen molar-refractivity contribution in [3.8, 4) is 0 Å². The summed E-state index contributed by atoms with van der Waals surface area (Å²) in [5, 5.41) is 1.74. The first-order valence-electron chi connectivity index (χ1n) is 8.60. The standard InChI is InChI=1S/C21H17ClN2O3/c1-3-24(14-8-6-7-13(22)11-14)20(25)17-12-16-19(23(17)2)15-9-4-5-10-18(15)27-21(16)26/h4-12H,3H2,1-2H3. The Balaban J connectivity index is 1.92. The van der Waals surface area contributed by atoms with E-state index in [4.69, 9.17) is 16.0 Å². The summed E-state index contributed by atoms with van der Waals surface area (Å²) >= 11 is 6.08. The number of benzene rings is 2. The van der Waals surface area contributed by atoms with Crippen LogP contribution in [0.25, 0.3) is 21.9 Å². The molecule has 2 aromatic carbocycles. The Morgan fingerprint density at radius 2 is 1.89 bits per heavy atom. The van der Waals surface area contributed by atoms with Crippen LogP contribution in [0.4, 0.5) is 5.69 Å². The van der Waals surface area contributed by atoms with E-state index in [1.807, 2.05) is 31.2 Å². The molecule has 2 heterocycles. The molecule has 0 radical (unpaired) electrons. The summed E-state index contributed by atoms with van der Waals surface area (Å²) in [6, 6.07) is 16.1. The van der Waals surface area contributed by atoms with E-state index in [0.29, 0.717) is 39.4 Å². The van der Waals surface area contributed by atoms with Crippen molar-refractivity contribution in [2.75, 3.05) is 11.4 Å². The highest BCUT2D eigenvalue weighted by Crippen LogP contribution is 2.27. The minimum Gasteiger partial charge on any atom is -0.422 e. The topological polar surface area (TPSA) is 55.5 Å². The second kappa shape index (κ2) is 6.59. The number of halogens is 1. The maximum Gasteiger partial charge on any atom is 0.345 e. The van der Waals surface area contributed by atoms with Gasteiger partial charge in [0.1, 0.15) is 11.3 Å². The fourth-order valence-electron chi connectivity index (χ4n) is 3.42. The first-order chi connectivity index (χ1) is 13.0. The minimum atomic E-state index is -0.454. The van der Waals surface area contributed by atoms with Gasteiger partial charge >= 0.3 is 5.63 Å². The fraction of sp³-hybridized carbons (Fsp3) is 0.143. The predicted molar refractivity (Wildman–Crippen MR) is 108 cm³/mol. The van der Waals surface area contributed by atoms with Crippen LogP contribution in [0.2, 0.25) is 5.02 Å². The number of carbonyl (C=O) groups is 1. The third-order valence-electron chi connectivity index (χ3n) is 4.70. The van der Waals surface area contributed by atoms with Crippen LogP contribution in [0.15, 0.2) is 63.8 Å². The van der Waals surface area contributed by atoms with E-state index in [1.54, 1.807) is 46.8 Å². The third-order valence-corrected chi connectivity index (χ3v) is 4.93. The van der Waals surface area contributed by atoms with Crippen LogP contribution in [0, 0.1) is 0 Å². The molecule has 6 heteroatoms. The highest BCUT2D eigenvalue weighted by molar-refractivity contribution is 6.31. The molecule has 0 unspecified atom stereocenters. The number of rotatable bonds is 3. The summed E-state index contributed by atoms with van der Waals surface area (Å²) in [5.74, 6) is -0.207. The zero-order valence-corrected chi connectivity index (χ0v) is 15.7. The predicted octanol–water partition coefficient (Wildman–Crippen LogP) is 4.60. The number of aryl methyl sites for hydroxylation is 1. The molecule has 0 N–H and O–H groups in total. The van der Waals surface area contributed by atoms with E-state index in [0.717, 1.165) is 5.39 Å². The van der Waals surface area contributed by atoms with Crippen molar-refractivity contribution < 1.29 is 9.21 Å². The Hall–Kier alpha value is -3.05. The number of nitrogens with zero attached hydrogens (tertiary/aromatic N) is 2. The molecular weight excluding hydrogens is 364 g/mol. The third kappa shape index (κ3) is 2.80. The molecule has 1 amide bonds. The average Bonchev–Trinajstić information content (AvgIpc) is 3.01. The van der Waals surface area contributed by atoms with Crippen LogP contribution in [0.1, 0.15) is 17.4 Å². The van der Waals surface area contributed by atoms with Gasteiger partial charge in [0.25, 0.3) is 5.91 Å². The molecule has 0 atom stereocenters. The summed E-state index contributed by atoms with van der Waals surface area (Å²) in [4.78, 5) is 27.3. The van der Waals surface area contributed by atoms with Gasteiger partial charge < -0.3 is 13.9 Å². The number of hydrogen-bond acceptors (Lipinski definition) is 3. The Morgan fingerprint density at radius 3 is 2.63 bits per heavy atom. The van der Waals surface area contributed by atoms with Gasteiger partial charge in [-0.15, -0.1) is 0 Å². The van der Waals surface area contributed by atoms with Crippen LogP contribution < -0.4 is 10.5 Å². The Kier molecular flexibility index (Phi) is 4.24. The summed E-state index contributed by atoms with van der Waals surface area (Å²) < 4.78 is 7.15. The minimum absolute atomic E-state index is 0.207. The van der Waals surface area contributed by atoms with Gasteiger partial charge in [-0.05, 0) is 43.3 Å². The molecule has 0 fully saturated rings. The molecule has 0 saturated carbocycles. The van der Waals surface area contributed by atoms with Crippen LogP contribution in [-0.4, -0.2) is 17.0 Å². The van der Waals surface area contributed by atoms with Crippen molar-refractivity contribution in [1.82, 2.24) is 4.57 Å². The van der Waals surface area contributed by atoms with Gasteiger partial charge in [0.05, 0.1) is 10.9 Å². The number of fused-ring (bicyclic) bond motifs is 3. The molecule has 0 aliphatic heterocycles. The summed E-state index contributed by atoms with van der Waals surface area (Å²) in [6.45, 7) is 2.36. The average molecular weight is 381 g/mol. The number of anilines is 1. The molecule has 2 aromatic heterocycles. The van der Waals surface area contributed by atoms with Crippen molar-refractivity contribution in [3.05, 3.63) is 75.7 Å². The molecule has 136 valence electrons. The van der Waals surface area contributed by atoms with E-state index in [-0.39, 0.29) is 5.91 Å². The molecule has 4 rings (SSSR count). The lowest BCUT2D eigenvalue weighted by Crippen LogP contribution is -2.31. The van der Waals surface area contributed by atoms with Gasteiger partial charge in [-0.2, -0.15) is 0 Å². The van der Waals surface area contributed by atoms with Gasteiger partial charge in [-0.1, -0.05) is 29.8 Å². The van der Waals surface area contributed by atoms with Crippen molar-refractivity contribution >= 4 is 45.1 Å².